The molecular formula is C42H46ClFN8O5. The second-order valence-corrected chi connectivity index (χ2v) is 16.4. The normalized spacial score (nSPS) is 23.5. The van der Waals surface area contributed by atoms with Crippen LogP contribution in [-0.2, 0) is 16.1 Å². The van der Waals surface area contributed by atoms with Gasteiger partial charge in [0, 0.05) is 44.7 Å². The number of amides is 4. The maximum atomic E-state index is 15.4. The first-order valence-corrected chi connectivity index (χ1v) is 20.4. The maximum Gasteiger partial charge on any atom is 0.272 e. The molecule has 1 saturated carbocycles. The highest BCUT2D eigenvalue weighted by Crippen LogP contribution is 2.36. The standard InChI is InChI=1S/C42H46ClFN8O5/c43-33-21-32(4-1-27(33)22-45)57-31-5-2-30(3-6-31)46-40(54)35-7-9-37(49-48-35)51-17-11-25(12-18-51)23-50-15-13-26(14-16-50)28-19-29-24-52(42(56)39(29)34(44)20-28)36-8-10-38(53)47-41(36)55/h1,4,7,9,19-21,25-26,30-31,36H,2-3,5-6,8,10-18,23-24H2,(H,46,54)(H,47,53,55)/t30-,31-,36?. The first kappa shape index (κ1) is 38.7. The van der Waals surface area contributed by atoms with Crippen molar-refractivity contribution in [2.24, 2.45) is 5.92 Å². The summed E-state index contributed by atoms with van der Waals surface area (Å²) in [6, 6.07) is 13.5. The monoisotopic (exact) mass is 796 g/mol. The highest BCUT2D eigenvalue weighted by atomic mass is 35.5. The molecule has 2 N–H and O–H groups in total. The van der Waals surface area contributed by atoms with Crippen LogP contribution in [0.15, 0.2) is 42.5 Å². The van der Waals surface area contributed by atoms with Crippen molar-refractivity contribution in [2.75, 3.05) is 37.6 Å². The molecule has 13 nitrogen and oxygen atoms in total. The number of nitriles is 1. The Labute approximate surface area is 335 Å². The Morgan fingerprint density at radius 1 is 0.947 bits per heavy atom. The predicted octanol–water partition coefficient (Wildman–Crippen LogP) is 5.12. The number of fused-ring (bicyclic) bond motifs is 1. The van der Waals surface area contributed by atoms with E-state index in [1.807, 2.05) is 12.1 Å². The number of ether oxygens (including phenoxy) is 1. The molecule has 3 aromatic rings. The van der Waals surface area contributed by atoms with Crippen LogP contribution in [0, 0.1) is 23.1 Å². The summed E-state index contributed by atoms with van der Waals surface area (Å²) in [6.07, 6.45) is 7.44. The van der Waals surface area contributed by atoms with Gasteiger partial charge < -0.3 is 24.8 Å². The zero-order chi connectivity index (χ0) is 39.6. The van der Waals surface area contributed by atoms with Crippen molar-refractivity contribution in [2.45, 2.75) is 94.9 Å². The molecule has 1 aromatic heterocycles. The van der Waals surface area contributed by atoms with Crippen LogP contribution in [0.1, 0.15) is 108 Å². The fourth-order valence-electron chi connectivity index (χ4n) is 9.13. The van der Waals surface area contributed by atoms with Crippen molar-refractivity contribution in [1.29, 1.82) is 5.26 Å². The minimum atomic E-state index is -0.763. The molecule has 5 heterocycles. The van der Waals surface area contributed by atoms with Crippen molar-refractivity contribution in [3.8, 4) is 11.8 Å². The minimum Gasteiger partial charge on any atom is -0.490 e. The smallest absolute Gasteiger partial charge is 0.272 e. The van der Waals surface area contributed by atoms with Gasteiger partial charge in [-0.3, -0.25) is 24.5 Å². The largest absolute Gasteiger partial charge is 0.490 e. The van der Waals surface area contributed by atoms with Gasteiger partial charge >= 0.3 is 0 Å². The van der Waals surface area contributed by atoms with E-state index in [0.717, 1.165) is 95.5 Å². The van der Waals surface area contributed by atoms with Crippen LogP contribution in [0.3, 0.4) is 0 Å². The lowest BCUT2D eigenvalue weighted by Crippen LogP contribution is -2.52. The van der Waals surface area contributed by atoms with Gasteiger partial charge in [-0.05, 0) is 124 Å². The third kappa shape index (κ3) is 8.60. The van der Waals surface area contributed by atoms with Crippen LogP contribution >= 0.6 is 11.6 Å². The van der Waals surface area contributed by atoms with Crippen LogP contribution < -0.4 is 20.3 Å². The molecule has 1 unspecified atom stereocenters. The summed E-state index contributed by atoms with van der Waals surface area (Å²) in [4.78, 5) is 56.3. The molecule has 298 valence electrons. The Balaban J connectivity index is 0.753. The summed E-state index contributed by atoms with van der Waals surface area (Å²) in [7, 11) is 0. The molecule has 4 amide bonds. The van der Waals surface area contributed by atoms with Gasteiger partial charge in [0.2, 0.25) is 11.8 Å². The average molecular weight is 797 g/mol. The Bertz CT molecular complexity index is 2070. The third-order valence-electron chi connectivity index (χ3n) is 12.4. The van der Waals surface area contributed by atoms with Gasteiger partial charge in [0.05, 0.1) is 22.3 Å². The Morgan fingerprint density at radius 3 is 2.40 bits per heavy atom. The van der Waals surface area contributed by atoms with Gasteiger partial charge in [-0.1, -0.05) is 17.7 Å². The van der Waals surface area contributed by atoms with E-state index in [9.17, 15) is 19.2 Å². The fourth-order valence-corrected chi connectivity index (χ4v) is 9.34. The molecule has 1 atom stereocenters. The topological polar surface area (TPSA) is 161 Å². The van der Waals surface area contributed by atoms with E-state index in [4.69, 9.17) is 21.6 Å². The molecule has 0 radical (unpaired) electrons. The molecule has 1 aliphatic carbocycles. The maximum absolute atomic E-state index is 15.4. The van der Waals surface area contributed by atoms with E-state index < -0.39 is 23.7 Å². The van der Waals surface area contributed by atoms with Crippen molar-refractivity contribution < 1.29 is 28.3 Å². The summed E-state index contributed by atoms with van der Waals surface area (Å²) >= 11 is 6.14. The molecule has 4 fully saturated rings. The molecule has 57 heavy (non-hydrogen) atoms. The molecule has 4 aliphatic heterocycles. The van der Waals surface area contributed by atoms with E-state index in [-0.39, 0.29) is 54.8 Å². The van der Waals surface area contributed by atoms with Crippen molar-refractivity contribution in [3.63, 3.8) is 0 Å². The number of hydrogen-bond donors (Lipinski definition) is 2. The Hall–Kier alpha value is -5.13. The van der Waals surface area contributed by atoms with Crippen molar-refractivity contribution >= 4 is 41.0 Å². The van der Waals surface area contributed by atoms with Gasteiger partial charge in [-0.15, -0.1) is 10.2 Å². The molecule has 15 heteroatoms. The zero-order valence-electron chi connectivity index (χ0n) is 31.7. The predicted molar refractivity (Wildman–Crippen MR) is 208 cm³/mol. The molecular weight excluding hydrogens is 751 g/mol. The molecule has 0 spiro atoms. The number of nitrogens with one attached hydrogen (secondary N) is 2. The number of carbonyl (C=O) groups excluding carboxylic acids is 4. The summed E-state index contributed by atoms with van der Waals surface area (Å²) in [6.45, 7) is 4.75. The third-order valence-corrected chi connectivity index (χ3v) is 12.7. The molecule has 2 aromatic carbocycles. The van der Waals surface area contributed by atoms with Crippen LogP contribution in [0.2, 0.25) is 5.02 Å². The first-order valence-electron chi connectivity index (χ1n) is 20.1. The zero-order valence-corrected chi connectivity index (χ0v) is 32.5. The highest BCUT2D eigenvalue weighted by molar-refractivity contribution is 6.31. The highest BCUT2D eigenvalue weighted by Gasteiger charge is 2.41. The van der Waals surface area contributed by atoms with E-state index in [2.05, 4.69) is 36.7 Å². The number of piperidine rings is 3. The molecule has 3 saturated heterocycles. The molecule has 8 rings (SSSR count). The number of hydrogen-bond acceptors (Lipinski definition) is 10. The number of halogens is 2. The molecule has 0 bridgehead atoms. The fraction of sp³-hybridized carbons (Fsp3) is 0.500. The Kier molecular flexibility index (Phi) is 11.4. The van der Waals surface area contributed by atoms with Crippen molar-refractivity contribution in [1.82, 2.24) is 30.6 Å². The SMILES string of the molecule is N#Cc1ccc(O[C@H]2CC[C@H](NC(=O)c3ccc(N4CCC(CN5CCC(c6cc(F)c7c(c6)CN(C6CCC(=O)NC6=O)C7=O)CC5)CC4)nn3)CC2)cc1Cl. The van der Waals surface area contributed by atoms with Crippen LogP contribution in [0.4, 0.5) is 10.2 Å². The second kappa shape index (κ2) is 16.8. The summed E-state index contributed by atoms with van der Waals surface area (Å²) in [5.74, 6) is 0.0708. The van der Waals surface area contributed by atoms with Gasteiger partial charge in [0.15, 0.2) is 11.5 Å². The van der Waals surface area contributed by atoms with Gasteiger partial charge in [-0.2, -0.15) is 5.26 Å². The van der Waals surface area contributed by atoms with Crippen LogP contribution in [-0.4, -0.2) is 94.5 Å². The second-order valence-electron chi connectivity index (χ2n) is 16.0. The molecule has 5 aliphatic rings. The van der Waals surface area contributed by atoms with Crippen molar-refractivity contribution in [3.05, 3.63) is 81.3 Å². The number of likely N-dealkylation sites (tertiary alicyclic amines) is 1. The minimum absolute atomic E-state index is 0.0184. The number of imide groups is 1. The number of aromatic nitrogens is 2. The number of anilines is 1. The summed E-state index contributed by atoms with van der Waals surface area (Å²) < 4.78 is 21.4. The lowest BCUT2D eigenvalue weighted by molar-refractivity contribution is -0.136. The van der Waals surface area contributed by atoms with Crippen LogP contribution in [0.25, 0.3) is 0 Å². The Morgan fingerprint density at radius 2 is 1.72 bits per heavy atom. The van der Waals surface area contributed by atoms with E-state index in [1.54, 1.807) is 24.3 Å². The lowest BCUT2D eigenvalue weighted by Gasteiger charge is -2.38. The average Bonchev–Trinajstić information content (AvgIpc) is 3.55. The quantitative estimate of drug-likeness (QED) is 0.279. The number of carbonyl (C=O) groups is 4. The summed E-state index contributed by atoms with van der Waals surface area (Å²) in [5, 5.41) is 23.5. The van der Waals surface area contributed by atoms with Crippen LogP contribution in [0.5, 0.6) is 5.75 Å². The van der Waals surface area contributed by atoms with E-state index >= 15 is 4.39 Å². The number of nitrogens with zero attached hydrogens (tertiary/aromatic N) is 6. The summed E-state index contributed by atoms with van der Waals surface area (Å²) in [5.41, 5.74) is 2.28. The number of benzene rings is 2. The lowest BCUT2D eigenvalue weighted by atomic mass is 9.87. The van der Waals surface area contributed by atoms with Gasteiger partial charge in [0.1, 0.15) is 23.7 Å². The van der Waals surface area contributed by atoms with E-state index in [1.165, 1.54) is 11.0 Å². The van der Waals surface area contributed by atoms with Gasteiger partial charge in [-0.25, -0.2) is 4.39 Å². The number of rotatable bonds is 9. The first-order chi connectivity index (χ1) is 27.6. The van der Waals surface area contributed by atoms with Gasteiger partial charge in [0.25, 0.3) is 11.8 Å². The van der Waals surface area contributed by atoms with E-state index in [0.29, 0.717) is 33.5 Å².